The molecular formula is C20H20Cl2FN3O2. The van der Waals surface area contributed by atoms with E-state index in [4.69, 9.17) is 23.2 Å². The topological polar surface area (TPSA) is 61.4 Å². The number of hydrogen-bond acceptors (Lipinski definition) is 2. The highest BCUT2D eigenvalue weighted by atomic mass is 35.5. The number of benzene rings is 2. The molecule has 2 N–H and O–H groups in total. The molecule has 2 aromatic rings. The molecule has 148 valence electrons. The van der Waals surface area contributed by atoms with Gasteiger partial charge in [-0.25, -0.2) is 9.18 Å². The molecule has 0 radical (unpaired) electrons. The fraction of sp³-hybridized carbons (Fsp3) is 0.300. The van der Waals surface area contributed by atoms with Crippen molar-refractivity contribution in [3.8, 4) is 0 Å². The quantitative estimate of drug-likeness (QED) is 0.741. The summed E-state index contributed by atoms with van der Waals surface area (Å²) in [5.74, 6) is -0.282. The molecule has 1 aliphatic rings. The summed E-state index contributed by atoms with van der Waals surface area (Å²) in [6.07, 6.45) is 1.57. The van der Waals surface area contributed by atoms with Crippen molar-refractivity contribution in [1.82, 2.24) is 10.2 Å². The second kappa shape index (κ2) is 9.26. The summed E-state index contributed by atoms with van der Waals surface area (Å²) >= 11 is 11.9. The summed E-state index contributed by atoms with van der Waals surface area (Å²) in [5.41, 5.74) is 0.981. The average Bonchev–Trinajstić information content (AvgIpc) is 2.67. The van der Waals surface area contributed by atoms with Crippen LogP contribution in [0.25, 0.3) is 0 Å². The van der Waals surface area contributed by atoms with Crippen LogP contribution in [-0.2, 0) is 0 Å². The predicted octanol–water partition coefficient (Wildman–Crippen LogP) is 4.81. The van der Waals surface area contributed by atoms with E-state index in [0.29, 0.717) is 40.9 Å². The number of nitrogens with one attached hydrogen (secondary N) is 2. The predicted molar refractivity (Wildman–Crippen MR) is 109 cm³/mol. The van der Waals surface area contributed by atoms with Gasteiger partial charge in [0.2, 0.25) is 0 Å². The van der Waals surface area contributed by atoms with Gasteiger partial charge in [-0.1, -0.05) is 23.2 Å². The van der Waals surface area contributed by atoms with E-state index in [9.17, 15) is 14.0 Å². The number of amides is 3. The first kappa shape index (κ1) is 20.4. The van der Waals surface area contributed by atoms with Crippen LogP contribution in [0.5, 0.6) is 0 Å². The van der Waals surface area contributed by atoms with E-state index in [0.717, 1.165) is 12.8 Å². The van der Waals surface area contributed by atoms with E-state index < -0.39 is 0 Å². The number of halogens is 3. The summed E-state index contributed by atoms with van der Waals surface area (Å²) in [4.78, 5) is 26.3. The lowest BCUT2D eigenvalue weighted by atomic mass is 9.97. The number of carbonyl (C=O) groups is 2. The maximum absolute atomic E-state index is 12.9. The molecule has 3 amide bonds. The zero-order valence-corrected chi connectivity index (χ0v) is 16.6. The maximum atomic E-state index is 12.9. The SMILES string of the molecule is O=C(NCC1CCN(C(=O)Nc2ccc(F)cc2)CC1)c1cc(Cl)cc(Cl)c1. The smallest absolute Gasteiger partial charge is 0.321 e. The van der Waals surface area contributed by atoms with E-state index in [2.05, 4.69) is 10.6 Å². The highest BCUT2D eigenvalue weighted by Gasteiger charge is 2.23. The first-order valence-corrected chi connectivity index (χ1v) is 9.72. The van der Waals surface area contributed by atoms with Crippen LogP contribution in [0.15, 0.2) is 42.5 Å². The van der Waals surface area contributed by atoms with Crippen molar-refractivity contribution in [2.45, 2.75) is 12.8 Å². The van der Waals surface area contributed by atoms with E-state index in [1.165, 1.54) is 24.3 Å². The van der Waals surface area contributed by atoms with Crippen molar-refractivity contribution in [2.24, 2.45) is 5.92 Å². The summed E-state index contributed by atoms with van der Waals surface area (Å²) in [7, 11) is 0. The van der Waals surface area contributed by atoms with Gasteiger partial charge in [0, 0.05) is 40.9 Å². The Balaban J connectivity index is 1.44. The molecule has 1 fully saturated rings. The molecular weight excluding hydrogens is 404 g/mol. The minimum Gasteiger partial charge on any atom is -0.352 e. The Bertz CT molecular complexity index is 833. The number of piperidine rings is 1. The van der Waals surface area contributed by atoms with Crippen LogP contribution >= 0.6 is 23.2 Å². The molecule has 28 heavy (non-hydrogen) atoms. The molecule has 5 nitrogen and oxygen atoms in total. The van der Waals surface area contributed by atoms with Gasteiger partial charge in [0.1, 0.15) is 5.82 Å². The summed E-state index contributed by atoms with van der Waals surface area (Å²) in [6.45, 7) is 1.71. The van der Waals surface area contributed by atoms with Crippen LogP contribution in [0, 0.1) is 11.7 Å². The third-order valence-electron chi connectivity index (χ3n) is 4.67. The Morgan fingerprint density at radius 2 is 1.64 bits per heavy atom. The van der Waals surface area contributed by atoms with Crippen molar-refractivity contribution in [3.63, 3.8) is 0 Å². The van der Waals surface area contributed by atoms with Crippen LogP contribution in [0.2, 0.25) is 10.0 Å². The van der Waals surface area contributed by atoms with Crippen LogP contribution in [0.3, 0.4) is 0 Å². The van der Waals surface area contributed by atoms with Gasteiger partial charge < -0.3 is 15.5 Å². The average molecular weight is 424 g/mol. The second-order valence-corrected chi connectivity index (χ2v) is 7.61. The molecule has 1 heterocycles. The Labute approximate surface area is 172 Å². The standard InChI is InChI=1S/C20H20Cl2FN3O2/c21-15-9-14(10-16(22)11-15)19(27)24-12-13-5-7-26(8-6-13)20(28)25-18-3-1-17(23)2-4-18/h1-4,9-11,13H,5-8,12H2,(H,24,27)(H,25,28). The maximum Gasteiger partial charge on any atom is 0.321 e. The lowest BCUT2D eigenvalue weighted by molar-refractivity contribution is 0.0938. The third kappa shape index (κ3) is 5.59. The van der Waals surface area contributed by atoms with Gasteiger partial charge in [-0.3, -0.25) is 4.79 Å². The number of carbonyl (C=O) groups excluding carboxylic acids is 2. The molecule has 0 atom stereocenters. The molecule has 0 aliphatic carbocycles. The molecule has 0 aromatic heterocycles. The lowest BCUT2D eigenvalue weighted by Gasteiger charge is -2.32. The summed E-state index contributed by atoms with van der Waals surface area (Å²) < 4.78 is 12.9. The highest BCUT2D eigenvalue weighted by Crippen LogP contribution is 2.20. The van der Waals surface area contributed by atoms with Crippen molar-refractivity contribution in [2.75, 3.05) is 25.0 Å². The number of nitrogens with zero attached hydrogens (tertiary/aromatic N) is 1. The van der Waals surface area contributed by atoms with Gasteiger partial charge in [-0.2, -0.15) is 0 Å². The van der Waals surface area contributed by atoms with Gasteiger partial charge in [0.05, 0.1) is 0 Å². The normalized spacial score (nSPS) is 14.6. The molecule has 0 bridgehead atoms. The Kier molecular flexibility index (Phi) is 6.75. The van der Waals surface area contributed by atoms with Gasteiger partial charge in [-0.05, 0) is 61.2 Å². The Hall–Kier alpha value is -2.31. The molecule has 0 unspecified atom stereocenters. The minimum atomic E-state index is -0.346. The Morgan fingerprint density at radius 1 is 1.04 bits per heavy atom. The fourth-order valence-electron chi connectivity index (χ4n) is 3.10. The van der Waals surface area contributed by atoms with Crippen LogP contribution in [-0.4, -0.2) is 36.5 Å². The first-order chi connectivity index (χ1) is 13.4. The molecule has 8 heteroatoms. The first-order valence-electron chi connectivity index (χ1n) is 8.96. The van der Waals surface area contributed by atoms with E-state index >= 15 is 0 Å². The van der Waals surface area contributed by atoms with Crippen LogP contribution in [0.1, 0.15) is 23.2 Å². The largest absolute Gasteiger partial charge is 0.352 e. The van der Waals surface area contributed by atoms with Crippen molar-refractivity contribution >= 4 is 40.8 Å². The Morgan fingerprint density at radius 3 is 2.25 bits per heavy atom. The van der Waals surface area contributed by atoms with Crippen molar-refractivity contribution in [3.05, 3.63) is 63.9 Å². The van der Waals surface area contributed by atoms with E-state index in [1.807, 2.05) is 0 Å². The second-order valence-electron chi connectivity index (χ2n) is 6.74. The monoisotopic (exact) mass is 423 g/mol. The highest BCUT2D eigenvalue weighted by molar-refractivity contribution is 6.35. The number of urea groups is 1. The van der Waals surface area contributed by atoms with Crippen molar-refractivity contribution < 1.29 is 14.0 Å². The zero-order chi connectivity index (χ0) is 20.1. The van der Waals surface area contributed by atoms with Crippen molar-refractivity contribution in [1.29, 1.82) is 0 Å². The van der Waals surface area contributed by atoms with Gasteiger partial charge >= 0.3 is 6.03 Å². The summed E-state index contributed by atoms with van der Waals surface area (Å²) in [5, 5.41) is 6.49. The lowest BCUT2D eigenvalue weighted by Crippen LogP contribution is -2.43. The van der Waals surface area contributed by atoms with E-state index in [1.54, 1.807) is 23.1 Å². The van der Waals surface area contributed by atoms with E-state index in [-0.39, 0.29) is 23.7 Å². The van der Waals surface area contributed by atoms with Gasteiger partial charge in [0.25, 0.3) is 5.91 Å². The molecule has 1 saturated heterocycles. The molecule has 3 rings (SSSR count). The molecule has 1 aliphatic heterocycles. The number of hydrogen-bond donors (Lipinski definition) is 2. The minimum absolute atomic E-state index is 0.206. The summed E-state index contributed by atoms with van der Waals surface area (Å²) in [6, 6.07) is 10.2. The van der Waals surface area contributed by atoms with Gasteiger partial charge in [0.15, 0.2) is 0 Å². The fourth-order valence-corrected chi connectivity index (χ4v) is 3.63. The number of rotatable bonds is 4. The van der Waals surface area contributed by atoms with Crippen LogP contribution < -0.4 is 10.6 Å². The molecule has 0 saturated carbocycles. The number of anilines is 1. The molecule has 2 aromatic carbocycles. The molecule has 0 spiro atoms. The third-order valence-corrected chi connectivity index (χ3v) is 5.11. The number of likely N-dealkylation sites (tertiary alicyclic amines) is 1. The van der Waals surface area contributed by atoms with Crippen LogP contribution in [0.4, 0.5) is 14.9 Å². The van der Waals surface area contributed by atoms with Gasteiger partial charge in [-0.15, -0.1) is 0 Å². The zero-order valence-electron chi connectivity index (χ0n) is 15.1.